The van der Waals surface area contributed by atoms with Crippen LogP contribution in [0.1, 0.15) is 219 Å². The van der Waals surface area contributed by atoms with Gasteiger partial charge in [0.25, 0.3) is 0 Å². The molecular weight excluding hydrogens is 1630 g/mol. The van der Waals surface area contributed by atoms with E-state index in [9.17, 15) is 63.0 Å². The molecule has 0 aromatic heterocycles. The minimum Gasteiger partial charge on any atom is -0.464 e. The van der Waals surface area contributed by atoms with Gasteiger partial charge in [0, 0.05) is 82.7 Å². The first-order valence-electron chi connectivity index (χ1n) is 42.5. The Morgan fingerprint density at radius 3 is 1.38 bits per heavy atom. The van der Waals surface area contributed by atoms with Crippen molar-refractivity contribution in [1.82, 2.24) is 69.1 Å². The molecule has 14 atom stereocenters. The van der Waals surface area contributed by atoms with Gasteiger partial charge in [-0.1, -0.05) is 74.5 Å². The Labute approximate surface area is 731 Å². The Morgan fingerprint density at radius 1 is 0.480 bits per heavy atom. The number of ketones is 3. The Balaban J connectivity index is 1.95. The summed E-state index contributed by atoms with van der Waals surface area (Å²) in [6, 6.07) is 5.47. The van der Waals surface area contributed by atoms with Gasteiger partial charge < -0.3 is 108 Å². The van der Waals surface area contributed by atoms with Crippen LogP contribution >= 0.6 is 0 Å². The molecule has 2 aromatic carbocycles. The number of rotatable bonds is 32. The molecule has 0 radical (unpaired) electrons. The van der Waals surface area contributed by atoms with Crippen molar-refractivity contribution in [3.8, 4) is 0 Å². The number of carbonyl (C=O) groups is 17. The second kappa shape index (κ2) is 49.6. The van der Waals surface area contributed by atoms with Crippen LogP contribution in [0.5, 0.6) is 0 Å². The lowest BCUT2D eigenvalue weighted by atomic mass is 9.86. The van der Waals surface area contributed by atoms with E-state index in [4.69, 9.17) is 28.4 Å². The van der Waals surface area contributed by atoms with E-state index < -0.39 is 271 Å². The maximum absolute atomic E-state index is 15.5. The second-order valence-electron chi connectivity index (χ2n) is 36.9. The zero-order valence-corrected chi connectivity index (χ0v) is 75.7. The smallest absolute Gasteiger partial charge is 0.407 e. The van der Waals surface area contributed by atoms with Crippen LogP contribution in [0, 0.1) is 29.6 Å². The molecule has 15 N–H and O–H groups in total. The Kier molecular flexibility index (Phi) is 42.2. The van der Waals surface area contributed by atoms with Crippen LogP contribution in [-0.4, -0.2) is 240 Å². The van der Waals surface area contributed by atoms with Crippen LogP contribution < -0.4 is 69.1 Å². The van der Waals surface area contributed by atoms with Crippen molar-refractivity contribution in [3.63, 3.8) is 0 Å². The van der Waals surface area contributed by atoms with Crippen molar-refractivity contribution in [1.29, 1.82) is 0 Å². The number of Topliss-reactive ketones (excluding diaryl/α,β-unsaturated/α-hetero) is 3. The molecule has 698 valence electrons. The summed E-state index contributed by atoms with van der Waals surface area (Å²) in [6.07, 6.45) is -13.7. The van der Waals surface area contributed by atoms with Gasteiger partial charge in [-0.3, -0.25) is 57.5 Å². The summed E-state index contributed by atoms with van der Waals surface area (Å²) < 4.78 is 32.5. The molecule has 38 heteroatoms. The fourth-order valence-electron chi connectivity index (χ4n) is 13.1. The van der Waals surface area contributed by atoms with E-state index in [2.05, 4.69) is 69.1 Å². The van der Waals surface area contributed by atoms with Crippen LogP contribution in [0.25, 0.3) is 0 Å². The van der Waals surface area contributed by atoms with Crippen molar-refractivity contribution in [2.75, 3.05) is 45.9 Å². The molecule has 2 fully saturated rings. The second-order valence-corrected chi connectivity index (χ2v) is 36.9. The molecule has 0 aliphatic carbocycles. The molecule has 2 aliphatic heterocycles. The molecule has 2 heterocycles. The molecule has 0 bridgehead atoms. The van der Waals surface area contributed by atoms with Crippen molar-refractivity contribution >= 4 is 101 Å². The predicted molar refractivity (Wildman–Crippen MR) is 456 cm³/mol. The molecule has 38 nitrogen and oxygen atoms in total. The van der Waals surface area contributed by atoms with Crippen LogP contribution in [0.15, 0.2) is 60.7 Å². The average molecular weight is 1760 g/mol. The lowest BCUT2D eigenvalue weighted by molar-refractivity contribution is -0.158. The van der Waals surface area contributed by atoms with E-state index in [1.54, 1.807) is 178 Å². The zero-order chi connectivity index (χ0) is 94.1. The number of alkyl carbamates (subject to hydrolysis) is 5. The lowest BCUT2D eigenvalue weighted by Gasteiger charge is -2.30. The van der Waals surface area contributed by atoms with Crippen LogP contribution in [0.3, 0.4) is 0 Å². The van der Waals surface area contributed by atoms with Gasteiger partial charge in [-0.25, -0.2) is 24.0 Å². The number of ether oxygens (including phenoxy) is 6. The summed E-state index contributed by atoms with van der Waals surface area (Å²) >= 11 is 0. The van der Waals surface area contributed by atoms with E-state index in [0.717, 1.165) is 19.4 Å². The monoisotopic (exact) mass is 1760 g/mol. The molecule has 0 spiro atoms. The normalized spacial score (nSPS) is 21.3. The van der Waals surface area contributed by atoms with Gasteiger partial charge in [-0.15, -0.1) is 0 Å². The molecule has 4 rings (SSSR count). The van der Waals surface area contributed by atoms with Gasteiger partial charge in [-0.05, 0) is 186 Å². The lowest BCUT2D eigenvalue weighted by Crippen LogP contribution is -2.59. The largest absolute Gasteiger partial charge is 0.464 e. The van der Waals surface area contributed by atoms with E-state index in [0.29, 0.717) is 5.56 Å². The Morgan fingerprint density at radius 2 is 0.904 bits per heavy atom. The first kappa shape index (κ1) is 106. The number of hydrogen-bond acceptors (Lipinski definition) is 25. The molecule has 0 saturated carbocycles. The fourth-order valence-corrected chi connectivity index (χ4v) is 13.1. The summed E-state index contributed by atoms with van der Waals surface area (Å²) in [4.78, 5) is 244. The first-order chi connectivity index (χ1) is 58.1. The quantitative estimate of drug-likeness (QED) is 0.0270. The molecule has 13 amide bonds. The zero-order valence-electron chi connectivity index (χ0n) is 75.7. The highest BCUT2D eigenvalue weighted by atomic mass is 16.6. The van der Waals surface area contributed by atoms with Gasteiger partial charge in [0.1, 0.15) is 58.1 Å². The van der Waals surface area contributed by atoms with Crippen molar-refractivity contribution in [2.45, 2.75) is 297 Å². The van der Waals surface area contributed by atoms with Crippen molar-refractivity contribution in [2.24, 2.45) is 29.6 Å². The Hall–Kier alpha value is -11.0. The number of carbonyl (C=O) groups excluding carboxylic acids is 17. The number of aliphatic hydroxyl groups is 2. The first-order valence-corrected chi connectivity index (χ1v) is 42.5. The SMILES string of the molecule is CC(C)C[C@@H]1NC(=O)[C@@H](Cc2ccccc2)NC(=O)[C@H](CCNC(=O)OC(C)(C)C)NC(=O)[C@@H](CC(=O)[C@H](CCNC(=O)OC(C)(C)C)NC(=O)[C@@H](CC(=O)[C@H](CCNC(=O)OC(C)(C)C)NC(=O)C2CC(c3ccccc3)COC2=O)C(C)O)CCNC(=O)[C@H](C(C)O)NC(=O)[C@H](CCNC(=O)OC(C)(C)C)CC(=O)[C@H](CCNC(=O)OC(C)(C)C)NC1=O. The van der Waals surface area contributed by atoms with Crippen LogP contribution in [0.2, 0.25) is 0 Å². The van der Waals surface area contributed by atoms with Crippen molar-refractivity contribution in [3.05, 3.63) is 71.8 Å². The molecule has 2 aliphatic rings. The number of esters is 1. The number of aliphatic hydroxyl groups excluding tert-OH is 2. The average Bonchev–Trinajstić information content (AvgIpc) is 0.921. The third-order valence-corrected chi connectivity index (χ3v) is 19.2. The predicted octanol–water partition coefficient (Wildman–Crippen LogP) is 4.60. The maximum atomic E-state index is 15.5. The van der Waals surface area contributed by atoms with Gasteiger partial charge in [0.2, 0.25) is 47.3 Å². The third kappa shape index (κ3) is 41.5. The number of hydrogen-bond donors (Lipinski definition) is 15. The van der Waals surface area contributed by atoms with Crippen LogP contribution in [0.4, 0.5) is 24.0 Å². The van der Waals surface area contributed by atoms with E-state index in [1.807, 2.05) is 0 Å². The van der Waals surface area contributed by atoms with Gasteiger partial charge in [0.05, 0.1) is 42.9 Å². The van der Waals surface area contributed by atoms with Gasteiger partial charge >= 0.3 is 36.4 Å². The highest BCUT2D eigenvalue weighted by Crippen LogP contribution is 2.31. The van der Waals surface area contributed by atoms with E-state index in [1.165, 1.54) is 0 Å². The molecule has 125 heavy (non-hydrogen) atoms. The standard InChI is InChI=1S/C87H135N13O25/c1-49(2)42-63-74(111)96-60(33-39-91-80(117)123-85(11,12)13)66(104)46-55(31-37-89-78(115)121-83(5,6)7)70(107)100-68(51(4)102)76(113)88-36-30-54(69(106)97-62(35-41-93-82(119)125-87(17,18)19)73(110)99-64(75(112)98-63)43-52-26-22-20-23-27-52)45-65(103)59(32-38-90-79(116)122-84(8,9)10)94-71(108)57(50(3)101)47-67(105)61(34-40-92-81(118)124-86(14,15)16)95-72(109)58-44-56(48-120-77(58)114)53-28-24-21-25-29-53/h20-29,49-51,54-64,68,101-102H,30-48H2,1-19H3,(H,88,113)(H,89,115)(H,90,116)(H,91,117)(H,92,118)(H,93,119)(H,94,108)(H,95,109)(H,96,111)(H,97,106)(H,98,112)(H,99,110)(H,100,107)/t50?,51?,54-,55-,56?,57+,58?,59+,60+,61+,62+,63+,64-,68+/m1/s1. The molecule has 2 saturated heterocycles. The summed E-state index contributed by atoms with van der Waals surface area (Å²) in [7, 11) is 0. The minimum absolute atomic E-state index is 0.0290. The van der Waals surface area contributed by atoms with E-state index in [-0.39, 0.29) is 70.7 Å². The minimum atomic E-state index is -1.88. The number of cyclic esters (lactones) is 1. The van der Waals surface area contributed by atoms with Gasteiger partial charge in [-0.2, -0.15) is 0 Å². The Bertz CT molecular complexity index is 4000. The third-order valence-electron chi connectivity index (χ3n) is 19.2. The summed E-state index contributed by atoms with van der Waals surface area (Å²) in [5, 5.41) is 56.5. The van der Waals surface area contributed by atoms with Crippen molar-refractivity contribution < 1.29 is 120 Å². The highest BCUT2D eigenvalue weighted by Gasteiger charge is 2.42. The summed E-state index contributed by atoms with van der Waals surface area (Å²) in [6.45, 7) is 27.3. The maximum Gasteiger partial charge on any atom is 0.407 e. The summed E-state index contributed by atoms with van der Waals surface area (Å²) in [5.74, 6) is -19.2. The van der Waals surface area contributed by atoms with Gasteiger partial charge in [0.15, 0.2) is 17.3 Å². The van der Waals surface area contributed by atoms with Crippen LogP contribution in [-0.2, 0) is 92.4 Å². The van der Waals surface area contributed by atoms with E-state index >= 15 is 28.8 Å². The molecule has 2 aromatic rings. The highest BCUT2D eigenvalue weighted by molar-refractivity contribution is 6.02. The number of benzene rings is 2. The topological polar surface area (TPSA) is 542 Å². The summed E-state index contributed by atoms with van der Waals surface area (Å²) in [5.41, 5.74) is -3.76. The molecular formula is C87H135N13O25. The molecule has 4 unspecified atom stereocenters. The number of nitrogens with one attached hydrogen (secondary N) is 13. The number of amides is 13. The fraction of sp³-hybridized carbons (Fsp3) is 0.667.